The highest BCUT2D eigenvalue weighted by atomic mass is 35.5. The fourth-order valence-electron chi connectivity index (χ4n) is 1.89. The molecule has 0 aromatic heterocycles. The summed E-state index contributed by atoms with van der Waals surface area (Å²) in [5.74, 6) is 0.708. The van der Waals surface area contributed by atoms with Gasteiger partial charge in [0.25, 0.3) is 0 Å². The molecule has 0 aliphatic carbocycles. The summed E-state index contributed by atoms with van der Waals surface area (Å²) in [4.78, 5) is 2.30. The van der Waals surface area contributed by atoms with Crippen LogP contribution in [0.1, 0.15) is 33.3 Å². The van der Waals surface area contributed by atoms with Crippen LogP contribution in [-0.2, 0) is 6.54 Å². The van der Waals surface area contributed by atoms with Gasteiger partial charge in [0.15, 0.2) is 0 Å². The number of benzene rings is 1. The molecule has 0 aliphatic rings. The van der Waals surface area contributed by atoms with Gasteiger partial charge in [-0.05, 0) is 31.9 Å². The summed E-state index contributed by atoms with van der Waals surface area (Å²) in [6.45, 7) is 10.3. The second-order valence-electron chi connectivity index (χ2n) is 5.31. The van der Waals surface area contributed by atoms with Crippen LogP contribution >= 0.6 is 23.2 Å². The Morgan fingerprint density at radius 3 is 2.28 bits per heavy atom. The minimum atomic E-state index is 0.135. The highest BCUT2D eigenvalue weighted by molar-refractivity contribution is 6.35. The average Bonchev–Trinajstić information content (AvgIpc) is 2.23. The molecule has 0 radical (unpaired) electrons. The Kier molecular flexibility index (Phi) is 5.77. The Morgan fingerprint density at radius 1 is 1.17 bits per heavy atom. The SMILES string of the molecule is CC(C)CN(Cc1cc(Cl)cc(Cl)c1O)C(C)C. The van der Waals surface area contributed by atoms with E-state index in [2.05, 4.69) is 32.6 Å². The van der Waals surface area contributed by atoms with Crippen molar-refractivity contribution in [2.45, 2.75) is 40.3 Å². The van der Waals surface area contributed by atoms with E-state index in [0.29, 0.717) is 28.5 Å². The minimum absolute atomic E-state index is 0.135. The summed E-state index contributed by atoms with van der Waals surface area (Å²) in [5.41, 5.74) is 0.779. The van der Waals surface area contributed by atoms with Gasteiger partial charge in [0, 0.05) is 29.7 Å². The highest BCUT2D eigenvalue weighted by Gasteiger charge is 2.15. The van der Waals surface area contributed by atoms with Crippen LogP contribution < -0.4 is 0 Å². The van der Waals surface area contributed by atoms with Gasteiger partial charge in [-0.25, -0.2) is 0 Å². The standard InChI is InChI=1S/C14H21Cl2NO/c1-9(2)7-17(10(3)4)8-11-5-12(15)6-13(16)14(11)18/h5-6,9-10,18H,7-8H2,1-4H3. The third-order valence-corrected chi connectivity index (χ3v) is 3.32. The van der Waals surface area contributed by atoms with E-state index in [9.17, 15) is 5.11 Å². The van der Waals surface area contributed by atoms with Gasteiger partial charge in [-0.1, -0.05) is 37.0 Å². The molecule has 18 heavy (non-hydrogen) atoms. The smallest absolute Gasteiger partial charge is 0.138 e. The zero-order chi connectivity index (χ0) is 13.9. The Hall–Kier alpha value is -0.440. The molecular formula is C14H21Cl2NO. The van der Waals surface area contributed by atoms with Gasteiger partial charge in [-0.15, -0.1) is 0 Å². The second-order valence-corrected chi connectivity index (χ2v) is 6.16. The van der Waals surface area contributed by atoms with Crippen LogP contribution in [0.3, 0.4) is 0 Å². The quantitative estimate of drug-likeness (QED) is 0.859. The number of hydrogen-bond acceptors (Lipinski definition) is 2. The topological polar surface area (TPSA) is 23.5 Å². The zero-order valence-corrected chi connectivity index (χ0v) is 12.9. The first-order valence-electron chi connectivity index (χ1n) is 6.22. The van der Waals surface area contributed by atoms with Crippen molar-refractivity contribution in [3.05, 3.63) is 27.7 Å². The average molecular weight is 290 g/mol. The summed E-state index contributed by atoms with van der Waals surface area (Å²) >= 11 is 11.9. The van der Waals surface area contributed by atoms with Gasteiger partial charge in [-0.2, -0.15) is 0 Å². The Balaban J connectivity index is 2.93. The molecule has 4 heteroatoms. The van der Waals surface area contributed by atoms with Gasteiger partial charge in [-0.3, -0.25) is 4.90 Å². The number of phenols is 1. The van der Waals surface area contributed by atoms with Crippen LogP contribution in [0.4, 0.5) is 0 Å². The number of halogens is 2. The molecule has 1 aromatic rings. The molecule has 0 fully saturated rings. The van der Waals surface area contributed by atoms with Crippen LogP contribution in [0.25, 0.3) is 0 Å². The van der Waals surface area contributed by atoms with E-state index in [0.717, 1.165) is 12.1 Å². The third kappa shape index (κ3) is 4.34. The van der Waals surface area contributed by atoms with Crippen LogP contribution in [0.5, 0.6) is 5.75 Å². The maximum absolute atomic E-state index is 9.97. The molecule has 0 saturated carbocycles. The fourth-order valence-corrected chi connectivity index (χ4v) is 2.42. The highest BCUT2D eigenvalue weighted by Crippen LogP contribution is 2.32. The molecule has 0 atom stereocenters. The maximum atomic E-state index is 9.97. The van der Waals surface area contributed by atoms with Crippen molar-refractivity contribution in [3.8, 4) is 5.75 Å². The van der Waals surface area contributed by atoms with Crippen LogP contribution in [0, 0.1) is 5.92 Å². The lowest BCUT2D eigenvalue weighted by atomic mass is 10.1. The van der Waals surface area contributed by atoms with E-state index in [-0.39, 0.29) is 5.75 Å². The number of rotatable bonds is 5. The molecule has 1 aromatic carbocycles. The van der Waals surface area contributed by atoms with Crippen molar-refractivity contribution >= 4 is 23.2 Å². The van der Waals surface area contributed by atoms with Gasteiger partial charge in [0.1, 0.15) is 5.75 Å². The molecule has 0 unspecified atom stereocenters. The van der Waals surface area contributed by atoms with Gasteiger partial charge in [0.2, 0.25) is 0 Å². The lowest BCUT2D eigenvalue weighted by molar-refractivity contribution is 0.187. The zero-order valence-electron chi connectivity index (χ0n) is 11.4. The molecule has 2 nitrogen and oxygen atoms in total. The van der Waals surface area contributed by atoms with Crippen molar-refractivity contribution in [1.29, 1.82) is 0 Å². The lowest BCUT2D eigenvalue weighted by Gasteiger charge is -2.28. The van der Waals surface area contributed by atoms with Crippen LogP contribution in [-0.4, -0.2) is 22.6 Å². The fraction of sp³-hybridized carbons (Fsp3) is 0.571. The van der Waals surface area contributed by atoms with Crippen molar-refractivity contribution in [1.82, 2.24) is 4.90 Å². The van der Waals surface area contributed by atoms with E-state index < -0.39 is 0 Å². The van der Waals surface area contributed by atoms with Gasteiger partial charge in [0.05, 0.1) is 5.02 Å². The molecule has 0 aliphatic heterocycles. The maximum Gasteiger partial charge on any atom is 0.138 e. The summed E-state index contributed by atoms with van der Waals surface area (Å²) in [6, 6.07) is 3.74. The Bertz CT molecular complexity index is 405. The second kappa shape index (κ2) is 6.65. The molecule has 0 amide bonds. The number of phenolic OH excluding ortho intramolecular Hbond substituents is 1. The first kappa shape index (κ1) is 15.6. The summed E-state index contributed by atoms with van der Waals surface area (Å²) in [7, 11) is 0. The van der Waals surface area contributed by atoms with E-state index in [4.69, 9.17) is 23.2 Å². The Labute approximate surface area is 120 Å². The normalized spacial score (nSPS) is 11.8. The number of hydrogen-bond donors (Lipinski definition) is 1. The molecule has 0 saturated heterocycles. The van der Waals surface area contributed by atoms with Gasteiger partial charge >= 0.3 is 0 Å². The monoisotopic (exact) mass is 289 g/mol. The van der Waals surface area contributed by atoms with E-state index >= 15 is 0 Å². The summed E-state index contributed by atoms with van der Waals surface area (Å²) in [5, 5.41) is 10.8. The van der Waals surface area contributed by atoms with E-state index in [1.807, 2.05) is 0 Å². The predicted octanol–water partition coefficient (Wildman–Crippen LogP) is 4.57. The molecular weight excluding hydrogens is 269 g/mol. The Morgan fingerprint density at radius 2 is 1.78 bits per heavy atom. The molecule has 1 rings (SSSR count). The first-order valence-corrected chi connectivity index (χ1v) is 6.97. The van der Waals surface area contributed by atoms with Crippen molar-refractivity contribution < 1.29 is 5.11 Å². The van der Waals surface area contributed by atoms with E-state index in [1.165, 1.54) is 0 Å². The van der Waals surface area contributed by atoms with Crippen molar-refractivity contribution in [3.63, 3.8) is 0 Å². The number of nitrogens with zero attached hydrogens (tertiary/aromatic N) is 1. The largest absolute Gasteiger partial charge is 0.506 e. The van der Waals surface area contributed by atoms with Gasteiger partial charge < -0.3 is 5.11 Å². The minimum Gasteiger partial charge on any atom is -0.506 e. The summed E-state index contributed by atoms with van der Waals surface area (Å²) in [6.07, 6.45) is 0. The predicted molar refractivity (Wildman–Crippen MR) is 78.5 cm³/mol. The molecule has 1 N–H and O–H groups in total. The summed E-state index contributed by atoms with van der Waals surface area (Å²) < 4.78 is 0. The molecule has 0 spiro atoms. The molecule has 0 heterocycles. The number of aromatic hydroxyl groups is 1. The lowest BCUT2D eigenvalue weighted by Crippen LogP contribution is -2.33. The van der Waals surface area contributed by atoms with Crippen LogP contribution in [0.15, 0.2) is 12.1 Å². The van der Waals surface area contributed by atoms with Crippen molar-refractivity contribution in [2.75, 3.05) is 6.54 Å². The van der Waals surface area contributed by atoms with Crippen molar-refractivity contribution in [2.24, 2.45) is 5.92 Å². The molecule has 0 bridgehead atoms. The molecule has 102 valence electrons. The first-order chi connectivity index (χ1) is 8.31. The third-order valence-electron chi connectivity index (χ3n) is 2.81. The van der Waals surface area contributed by atoms with Crippen LogP contribution in [0.2, 0.25) is 10.0 Å². The van der Waals surface area contributed by atoms with E-state index in [1.54, 1.807) is 12.1 Å².